The lowest BCUT2D eigenvalue weighted by Gasteiger charge is -2.00. The van der Waals surface area contributed by atoms with Gasteiger partial charge in [0.15, 0.2) is 0 Å². The Morgan fingerprint density at radius 3 is 2.81 bits per heavy atom. The molecular formula is C13H11N3O5. The molecule has 108 valence electrons. The van der Waals surface area contributed by atoms with E-state index >= 15 is 0 Å². The van der Waals surface area contributed by atoms with E-state index < -0.39 is 22.0 Å². The van der Waals surface area contributed by atoms with Crippen LogP contribution >= 0.6 is 0 Å². The second kappa shape index (κ2) is 5.87. The van der Waals surface area contributed by atoms with E-state index in [0.717, 1.165) is 5.56 Å². The summed E-state index contributed by atoms with van der Waals surface area (Å²) in [5.41, 5.74) is -1.22. The first kappa shape index (κ1) is 14.3. The summed E-state index contributed by atoms with van der Waals surface area (Å²) in [6, 6.07) is 7.10. The van der Waals surface area contributed by atoms with E-state index in [0.29, 0.717) is 5.75 Å². The van der Waals surface area contributed by atoms with Crippen molar-refractivity contribution in [3.05, 3.63) is 56.1 Å². The Balaban J connectivity index is 2.33. The Hall–Kier alpha value is -3.16. The average Bonchev–Trinajstić information content (AvgIpc) is 2.44. The van der Waals surface area contributed by atoms with Gasteiger partial charge in [0.05, 0.1) is 12.0 Å². The van der Waals surface area contributed by atoms with Crippen LogP contribution in [0.1, 0.15) is 11.4 Å². The first-order valence-electron chi connectivity index (χ1n) is 5.81. The smallest absolute Gasteiger partial charge is 0.395 e. The quantitative estimate of drug-likeness (QED) is 0.651. The molecular weight excluding hydrogens is 278 g/mol. The molecule has 8 nitrogen and oxygen atoms in total. The third-order valence-corrected chi connectivity index (χ3v) is 2.60. The number of hydrogen-bond donors (Lipinski definition) is 2. The molecule has 21 heavy (non-hydrogen) atoms. The highest BCUT2D eigenvalue weighted by Gasteiger charge is 2.21. The van der Waals surface area contributed by atoms with Crippen molar-refractivity contribution in [1.82, 2.24) is 9.97 Å². The molecule has 2 aromatic rings. The van der Waals surface area contributed by atoms with Gasteiger partial charge >= 0.3 is 11.2 Å². The number of nitro groups is 1. The Bertz CT molecular complexity index is 767. The van der Waals surface area contributed by atoms with Gasteiger partial charge in [0.1, 0.15) is 11.6 Å². The van der Waals surface area contributed by atoms with Crippen LogP contribution in [-0.2, 0) is 0 Å². The number of aromatic nitrogens is 2. The van der Waals surface area contributed by atoms with Gasteiger partial charge < -0.3 is 14.8 Å². The summed E-state index contributed by atoms with van der Waals surface area (Å²) in [4.78, 5) is 26.8. The number of nitrogens with zero attached hydrogens (tertiary/aromatic N) is 2. The third-order valence-electron chi connectivity index (χ3n) is 2.60. The Kier molecular flexibility index (Phi) is 3.98. The van der Waals surface area contributed by atoms with E-state index in [1.165, 1.54) is 13.2 Å². The van der Waals surface area contributed by atoms with Gasteiger partial charge in [0.2, 0.25) is 0 Å². The number of aromatic amines is 1. The van der Waals surface area contributed by atoms with Crippen LogP contribution in [0.15, 0.2) is 29.1 Å². The number of methoxy groups -OCH3 is 1. The lowest BCUT2D eigenvalue weighted by Crippen LogP contribution is -2.14. The number of H-pyrrole nitrogens is 1. The van der Waals surface area contributed by atoms with Crippen molar-refractivity contribution in [3.63, 3.8) is 0 Å². The maximum absolute atomic E-state index is 11.5. The molecule has 1 aromatic heterocycles. The molecule has 0 unspecified atom stereocenters. The fraction of sp³-hybridized carbons (Fsp3) is 0.0769. The largest absolute Gasteiger partial charge is 0.497 e. The topological polar surface area (TPSA) is 118 Å². The van der Waals surface area contributed by atoms with Crippen molar-refractivity contribution in [3.8, 4) is 11.6 Å². The molecule has 2 rings (SSSR count). The summed E-state index contributed by atoms with van der Waals surface area (Å²) in [6.45, 7) is 0. The zero-order valence-corrected chi connectivity index (χ0v) is 10.9. The average molecular weight is 289 g/mol. The van der Waals surface area contributed by atoms with Gasteiger partial charge in [-0.2, -0.15) is 4.98 Å². The highest BCUT2D eigenvalue weighted by atomic mass is 16.6. The van der Waals surface area contributed by atoms with Crippen molar-refractivity contribution >= 4 is 17.8 Å². The lowest BCUT2D eigenvalue weighted by molar-refractivity contribution is -0.387. The lowest BCUT2D eigenvalue weighted by atomic mass is 10.2. The molecule has 8 heteroatoms. The highest BCUT2D eigenvalue weighted by molar-refractivity contribution is 5.67. The molecule has 1 heterocycles. The predicted molar refractivity (Wildman–Crippen MR) is 75.1 cm³/mol. The molecule has 0 aliphatic heterocycles. The molecule has 2 N–H and O–H groups in total. The molecule has 0 saturated heterocycles. The highest BCUT2D eigenvalue weighted by Crippen LogP contribution is 2.18. The van der Waals surface area contributed by atoms with Gasteiger partial charge in [-0.25, -0.2) is 0 Å². The molecule has 0 bridgehead atoms. The van der Waals surface area contributed by atoms with Gasteiger partial charge in [0, 0.05) is 0 Å². The molecule has 0 spiro atoms. The van der Waals surface area contributed by atoms with Gasteiger partial charge in [0.25, 0.3) is 5.88 Å². The van der Waals surface area contributed by atoms with Crippen molar-refractivity contribution < 1.29 is 14.8 Å². The fourth-order valence-corrected chi connectivity index (χ4v) is 1.64. The number of aromatic hydroxyl groups is 1. The number of benzene rings is 1. The molecule has 0 aliphatic carbocycles. The summed E-state index contributed by atoms with van der Waals surface area (Å²) >= 11 is 0. The van der Waals surface area contributed by atoms with E-state index in [9.17, 15) is 20.0 Å². The number of rotatable bonds is 4. The molecule has 0 amide bonds. The maximum atomic E-state index is 11.5. The zero-order valence-electron chi connectivity index (χ0n) is 10.9. The van der Waals surface area contributed by atoms with Crippen molar-refractivity contribution in [2.24, 2.45) is 0 Å². The second-order valence-corrected chi connectivity index (χ2v) is 3.99. The van der Waals surface area contributed by atoms with Crippen LogP contribution in [0.4, 0.5) is 5.69 Å². The standard InChI is InChI=1S/C13H11N3O5/c1-21-9-4-2-3-8(7-9)5-6-10-14-12(17)11(16(19)20)13(18)15-10/h2-7H,1H3,(H2,14,15,17,18)/b6-5-. The maximum Gasteiger partial charge on any atom is 0.395 e. The SMILES string of the molecule is COc1cccc(/C=C\c2nc(O)c([N+](=O)[O-])c(=O)[nH]2)c1. The predicted octanol–water partition coefficient (Wildman–Crippen LogP) is 1.56. The third kappa shape index (κ3) is 3.24. The van der Waals surface area contributed by atoms with Crippen LogP contribution in [0.5, 0.6) is 11.6 Å². The van der Waals surface area contributed by atoms with Crippen molar-refractivity contribution in [2.45, 2.75) is 0 Å². The molecule has 0 radical (unpaired) electrons. The fourth-order valence-electron chi connectivity index (χ4n) is 1.64. The minimum absolute atomic E-state index is 0.00548. The molecule has 1 aromatic carbocycles. The minimum atomic E-state index is -1.02. The van der Waals surface area contributed by atoms with E-state index in [2.05, 4.69) is 9.97 Å². The second-order valence-electron chi connectivity index (χ2n) is 3.99. The van der Waals surface area contributed by atoms with Crippen LogP contribution in [-0.4, -0.2) is 27.1 Å². The number of hydrogen-bond acceptors (Lipinski definition) is 6. The Morgan fingerprint density at radius 1 is 1.43 bits per heavy atom. The molecule has 0 fully saturated rings. The van der Waals surface area contributed by atoms with Crippen LogP contribution in [0.25, 0.3) is 12.2 Å². The summed E-state index contributed by atoms with van der Waals surface area (Å²) in [5, 5.41) is 20.0. The first-order valence-corrected chi connectivity index (χ1v) is 5.81. The van der Waals surface area contributed by atoms with Crippen molar-refractivity contribution in [1.29, 1.82) is 0 Å². The van der Waals surface area contributed by atoms with E-state index in [1.54, 1.807) is 30.3 Å². The van der Waals surface area contributed by atoms with Crippen molar-refractivity contribution in [2.75, 3.05) is 7.11 Å². The normalized spacial score (nSPS) is 10.7. The summed E-state index contributed by atoms with van der Waals surface area (Å²) < 4.78 is 5.06. The van der Waals surface area contributed by atoms with Gasteiger partial charge in [-0.15, -0.1) is 0 Å². The zero-order chi connectivity index (χ0) is 15.4. The summed E-state index contributed by atoms with van der Waals surface area (Å²) in [5.74, 6) is -0.259. The van der Waals surface area contributed by atoms with E-state index in [4.69, 9.17) is 4.74 Å². The minimum Gasteiger partial charge on any atom is -0.497 e. The van der Waals surface area contributed by atoms with Crippen LogP contribution in [0.2, 0.25) is 0 Å². The number of nitrogens with one attached hydrogen (secondary N) is 1. The van der Waals surface area contributed by atoms with Gasteiger partial charge in [-0.1, -0.05) is 18.2 Å². The van der Waals surface area contributed by atoms with Crippen LogP contribution in [0.3, 0.4) is 0 Å². The number of ether oxygens (including phenoxy) is 1. The molecule has 0 saturated carbocycles. The van der Waals surface area contributed by atoms with E-state index in [-0.39, 0.29) is 5.82 Å². The van der Waals surface area contributed by atoms with Gasteiger partial charge in [-0.05, 0) is 23.8 Å². The first-order chi connectivity index (χ1) is 10.0. The molecule has 0 aliphatic rings. The summed E-state index contributed by atoms with van der Waals surface area (Å²) in [7, 11) is 1.54. The summed E-state index contributed by atoms with van der Waals surface area (Å²) in [6.07, 6.45) is 3.03. The molecule has 0 atom stereocenters. The van der Waals surface area contributed by atoms with Crippen LogP contribution in [0, 0.1) is 10.1 Å². The van der Waals surface area contributed by atoms with Crippen LogP contribution < -0.4 is 10.3 Å². The van der Waals surface area contributed by atoms with Gasteiger partial charge in [-0.3, -0.25) is 14.9 Å². The van der Waals surface area contributed by atoms with E-state index in [1.807, 2.05) is 0 Å². The monoisotopic (exact) mass is 289 g/mol. The Morgan fingerprint density at radius 2 is 2.19 bits per heavy atom. The Labute approximate surface area is 118 Å².